The number of aliphatic hydroxyl groups is 5. The molecule has 1 aromatic carbocycles. The number of halogens is 2. The van der Waals surface area contributed by atoms with Gasteiger partial charge >= 0.3 is 0 Å². The number of aromatic nitrogens is 2. The highest BCUT2D eigenvalue weighted by Gasteiger charge is 2.32. The van der Waals surface area contributed by atoms with Crippen molar-refractivity contribution >= 4 is 42.9 Å². The van der Waals surface area contributed by atoms with Gasteiger partial charge < -0.3 is 30.5 Å². The second kappa shape index (κ2) is 6.69. The Balaban J connectivity index is 2.28. The van der Waals surface area contributed by atoms with Crippen LogP contribution in [0.25, 0.3) is 11.0 Å². The summed E-state index contributed by atoms with van der Waals surface area (Å²) in [4.78, 5) is 6.96. The minimum atomic E-state index is -1.70. The lowest BCUT2D eigenvalue weighted by Gasteiger charge is -2.24. The van der Waals surface area contributed by atoms with Gasteiger partial charge in [0.05, 0.1) is 17.6 Å². The van der Waals surface area contributed by atoms with Crippen LogP contribution in [0.2, 0.25) is 0 Å². The second-order valence-electron chi connectivity index (χ2n) is 4.58. The fourth-order valence-corrected chi connectivity index (χ4v) is 2.52. The van der Waals surface area contributed by atoms with Crippen molar-refractivity contribution < 1.29 is 25.5 Å². The monoisotopic (exact) mass is 424 g/mol. The van der Waals surface area contributed by atoms with Crippen LogP contribution in [0.3, 0.4) is 0 Å². The molecule has 0 saturated heterocycles. The molecule has 0 spiro atoms. The predicted octanol–water partition coefficient (Wildman–Crippen LogP) is 0.196. The Morgan fingerprint density at radius 3 is 2.29 bits per heavy atom. The van der Waals surface area contributed by atoms with E-state index in [1.54, 1.807) is 12.1 Å². The molecule has 0 unspecified atom stereocenters. The first kappa shape index (κ1) is 16.8. The number of benzene rings is 1. The molecular formula is C12H14Br2N2O5. The van der Waals surface area contributed by atoms with Gasteiger partial charge in [0, 0.05) is 8.95 Å². The summed E-state index contributed by atoms with van der Waals surface area (Å²) < 4.78 is 1.56. The highest BCUT2D eigenvalue weighted by atomic mass is 79.9. The number of fused-ring (bicyclic) bond motifs is 1. The van der Waals surface area contributed by atoms with E-state index in [-0.39, 0.29) is 5.82 Å². The van der Waals surface area contributed by atoms with Crippen LogP contribution >= 0.6 is 31.9 Å². The zero-order valence-electron chi connectivity index (χ0n) is 10.6. The van der Waals surface area contributed by atoms with Crippen LogP contribution in [0.5, 0.6) is 0 Å². The minimum absolute atomic E-state index is 0.0479. The Hall–Kier alpha value is -0.550. The number of H-pyrrole nitrogens is 1. The van der Waals surface area contributed by atoms with E-state index < -0.39 is 31.0 Å². The number of imidazole rings is 1. The van der Waals surface area contributed by atoms with E-state index in [0.29, 0.717) is 11.0 Å². The summed E-state index contributed by atoms with van der Waals surface area (Å²) in [6.07, 6.45) is -6.48. The van der Waals surface area contributed by atoms with Crippen molar-refractivity contribution in [1.82, 2.24) is 9.97 Å². The molecule has 6 N–H and O–H groups in total. The summed E-state index contributed by atoms with van der Waals surface area (Å²) in [5, 5.41) is 47.5. The van der Waals surface area contributed by atoms with Crippen LogP contribution in [0.15, 0.2) is 21.1 Å². The predicted molar refractivity (Wildman–Crippen MR) is 81.6 cm³/mol. The maximum atomic E-state index is 10.0. The van der Waals surface area contributed by atoms with Gasteiger partial charge in [-0.25, -0.2) is 4.98 Å². The molecule has 0 aliphatic heterocycles. The highest BCUT2D eigenvalue weighted by molar-refractivity contribution is 9.13. The van der Waals surface area contributed by atoms with E-state index in [2.05, 4.69) is 41.8 Å². The third kappa shape index (κ3) is 3.45. The lowest BCUT2D eigenvalue weighted by molar-refractivity contribution is -0.117. The molecule has 0 fully saturated rings. The summed E-state index contributed by atoms with van der Waals surface area (Å²) in [6.45, 7) is -0.731. The van der Waals surface area contributed by atoms with Gasteiger partial charge in [0.15, 0.2) is 0 Å². The van der Waals surface area contributed by atoms with Crippen molar-refractivity contribution in [1.29, 1.82) is 0 Å². The molecule has 116 valence electrons. The summed E-state index contributed by atoms with van der Waals surface area (Å²) in [5.74, 6) is 0.0479. The molecule has 1 aromatic heterocycles. The molecule has 0 bridgehead atoms. The van der Waals surface area contributed by atoms with Gasteiger partial charge in [-0.3, -0.25) is 0 Å². The summed E-state index contributed by atoms with van der Waals surface area (Å²) in [5.41, 5.74) is 1.19. The SMILES string of the molecule is OC[C@@H](O)[C@H](O)[C@H](O)[C@@H](O)c1nc2cc(Br)c(Br)cc2[nH]1. The van der Waals surface area contributed by atoms with Crippen molar-refractivity contribution in [3.8, 4) is 0 Å². The van der Waals surface area contributed by atoms with Gasteiger partial charge in [0.2, 0.25) is 0 Å². The quantitative estimate of drug-likeness (QED) is 0.405. The van der Waals surface area contributed by atoms with Gasteiger partial charge in [-0.15, -0.1) is 0 Å². The average molecular weight is 426 g/mol. The number of hydrogen-bond acceptors (Lipinski definition) is 6. The van der Waals surface area contributed by atoms with Gasteiger partial charge in [-0.1, -0.05) is 0 Å². The zero-order valence-corrected chi connectivity index (χ0v) is 13.8. The average Bonchev–Trinajstić information content (AvgIpc) is 2.87. The third-order valence-electron chi connectivity index (χ3n) is 3.08. The third-order valence-corrected chi connectivity index (χ3v) is 4.92. The van der Waals surface area contributed by atoms with E-state index >= 15 is 0 Å². The van der Waals surface area contributed by atoms with Crippen LogP contribution in [-0.2, 0) is 0 Å². The Morgan fingerprint density at radius 1 is 1.05 bits per heavy atom. The van der Waals surface area contributed by atoms with Gasteiger partial charge in [0.1, 0.15) is 30.2 Å². The molecule has 1 heterocycles. The van der Waals surface area contributed by atoms with Crippen LogP contribution < -0.4 is 0 Å². The first-order valence-electron chi connectivity index (χ1n) is 6.03. The molecule has 0 aliphatic carbocycles. The zero-order chi connectivity index (χ0) is 15.7. The molecule has 7 nitrogen and oxygen atoms in total. The standard InChI is InChI=1S/C12H14Br2N2O5/c13-4-1-6-7(2-5(4)14)16-12(15-6)11(21)10(20)9(19)8(18)3-17/h1-2,8-11,17-21H,3H2,(H,15,16)/t8-,9+,10+,11-/m1/s1. The first-order valence-corrected chi connectivity index (χ1v) is 7.61. The van der Waals surface area contributed by atoms with Crippen molar-refractivity contribution in [2.45, 2.75) is 24.4 Å². The highest BCUT2D eigenvalue weighted by Crippen LogP contribution is 2.29. The summed E-state index contributed by atoms with van der Waals surface area (Å²) in [7, 11) is 0. The Kier molecular flexibility index (Phi) is 5.36. The largest absolute Gasteiger partial charge is 0.394 e. The van der Waals surface area contributed by atoms with E-state index in [4.69, 9.17) is 5.11 Å². The summed E-state index contributed by atoms with van der Waals surface area (Å²) >= 11 is 6.67. The van der Waals surface area contributed by atoms with Crippen molar-refractivity contribution in [2.24, 2.45) is 0 Å². The molecule has 9 heteroatoms. The fourth-order valence-electron chi connectivity index (χ4n) is 1.85. The number of hydrogen-bond donors (Lipinski definition) is 6. The molecule has 2 aromatic rings. The minimum Gasteiger partial charge on any atom is -0.394 e. The van der Waals surface area contributed by atoms with Gasteiger partial charge in [-0.2, -0.15) is 0 Å². The lowest BCUT2D eigenvalue weighted by Crippen LogP contribution is -2.42. The van der Waals surface area contributed by atoms with E-state index in [1.165, 1.54) is 0 Å². The molecule has 0 radical (unpaired) electrons. The Bertz CT molecular complexity index is 596. The fraction of sp³-hybridized carbons (Fsp3) is 0.417. The normalized spacial score (nSPS) is 17.7. The van der Waals surface area contributed by atoms with Crippen LogP contribution in [0.1, 0.15) is 11.9 Å². The molecule has 2 rings (SSSR count). The molecular weight excluding hydrogens is 412 g/mol. The number of nitrogens with one attached hydrogen (secondary N) is 1. The topological polar surface area (TPSA) is 130 Å². The number of aromatic amines is 1. The molecule has 4 atom stereocenters. The van der Waals surface area contributed by atoms with E-state index in [0.717, 1.165) is 8.95 Å². The maximum Gasteiger partial charge on any atom is 0.140 e. The number of aliphatic hydroxyl groups excluding tert-OH is 5. The first-order chi connectivity index (χ1) is 9.85. The number of rotatable bonds is 5. The second-order valence-corrected chi connectivity index (χ2v) is 6.29. The molecule has 0 aliphatic rings. The van der Waals surface area contributed by atoms with Gasteiger partial charge in [-0.05, 0) is 44.0 Å². The van der Waals surface area contributed by atoms with E-state index in [1.807, 2.05) is 0 Å². The van der Waals surface area contributed by atoms with Crippen LogP contribution in [0, 0.1) is 0 Å². The molecule has 21 heavy (non-hydrogen) atoms. The Labute approximate surface area is 136 Å². The van der Waals surface area contributed by atoms with Crippen molar-refractivity contribution in [3.63, 3.8) is 0 Å². The van der Waals surface area contributed by atoms with Crippen LogP contribution in [0.4, 0.5) is 0 Å². The number of nitrogens with zero attached hydrogens (tertiary/aromatic N) is 1. The smallest absolute Gasteiger partial charge is 0.140 e. The Morgan fingerprint density at radius 2 is 1.67 bits per heavy atom. The van der Waals surface area contributed by atoms with Crippen LogP contribution in [-0.4, -0.2) is 60.4 Å². The molecule has 0 saturated carbocycles. The lowest BCUT2D eigenvalue weighted by atomic mass is 10.0. The van der Waals surface area contributed by atoms with Crippen molar-refractivity contribution in [2.75, 3.05) is 6.61 Å². The van der Waals surface area contributed by atoms with E-state index in [9.17, 15) is 20.4 Å². The van der Waals surface area contributed by atoms with Gasteiger partial charge in [0.25, 0.3) is 0 Å². The summed E-state index contributed by atoms with van der Waals surface area (Å²) in [6, 6.07) is 3.46. The maximum absolute atomic E-state index is 10.0. The van der Waals surface area contributed by atoms with Crippen molar-refractivity contribution in [3.05, 3.63) is 26.9 Å². The molecule has 0 amide bonds.